The van der Waals surface area contributed by atoms with E-state index in [9.17, 15) is 23.6 Å². The number of ether oxygens (including phenoxy) is 5. The Hall–Kier alpha value is -2.53. The molecule has 0 amide bonds. The Kier molecular flexibility index (Phi) is 8.52. The summed E-state index contributed by atoms with van der Waals surface area (Å²) in [6.45, 7) is 4.46. The van der Waals surface area contributed by atoms with E-state index in [1.54, 1.807) is 0 Å². The SMILES string of the molecule is CC(=O)OC1O[C@@H](c2ccc(F)c(CBr)c2)[C@H](OC(C)=O)[C@@H](OC(C)=O)[C@@H]1OC(C)=O. The van der Waals surface area contributed by atoms with E-state index in [0.29, 0.717) is 5.56 Å². The van der Waals surface area contributed by atoms with Crippen LogP contribution in [0.5, 0.6) is 0 Å². The number of hydrogen-bond donors (Lipinski definition) is 0. The zero-order valence-corrected chi connectivity index (χ0v) is 18.8. The van der Waals surface area contributed by atoms with Crippen molar-refractivity contribution in [3.8, 4) is 0 Å². The largest absolute Gasteiger partial charge is 0.455 e. The lowest BCUT2D eigenvalue weighted by molar-refractivity contribution is -0.298. The summed E-state index contributed by atoms with van der Waals surface area (Å²) in [4.78, 5) is 46.9. The van der Waals surface area contributed by atoms with E-state index in [0.717, 1.165) is 27.7 Å². The van der Waals surface area contributed by atoms with E-state index in [4.69, 9.17) is 23.7 Å². The third-order valence-electron chi connectivity index (χ3n) is 4.23. The first-order valence-corrected chi connectivity index (χ1v) is 10.3. The molecule has 0 saturated carbocycles. The third kappa shape index (κ3) is 6.47. The molecule has 1 unspecified atom stereocenters. The number of benzene rings is 1. The van der Waals surface area contributed by atoms with Gasteiger partial charge in [-0.15, -0.1) is 0 Å². The molecule has 1 aliphatic rings. The Balaban J connectivity index is 2.60. The van der Waals surface area contributed by atoms with Crippen LogP contribution in [-0.2, 0) is 48.2 Å². The zero-order chi connectivity index (χ0) is 23.3. The molecule has 1 aliphatic heterocycles. The van der Waals surface area contributed by atoms with Crippen LogP contribution in [0.3, 0.4) is 0 Å². The molecule has 0 N–H and O–H groups in total. The van der Waals surface area contributed by atoms with Crippen LogP contribution in [0.4, 0.5) is 4.39 Å². The molecule has 1 saturated heterocycles. The van der Waals surface area contributed by atoms with Gasteiger partial charge in [0.2, 0.25) is 12.4 Å². The lowest BCUT2D eigenvalue weighted by Gasteiger charge is -2.44. The quantitative estimate of drug-likeness (QED) is 0.327. The highest BCUT2D eigenvalue weighted by atomic mass is 79.9. The maximum Gasteiger partial charge on any atom is 0.305 e. The Labute approximate surface area is 186 Å². The van der Waals surface area contributed by atoms with Crippen molar-refractivity contribution in [2.24, 2.45) is 0 Å². The molecule has 1 heterocycles. The molecule has 5 atom stereocenters. The molecule has 0 spiro atoms. The highest BCUT2D eigenvalue weighted by Gasteiger charge is 2.53. The minimum absolute atomic E-state index is 0.189. The molecule has 0 aromatic heterocycles. The summed E-state index contributed by atoms with van der Waals surface area (Å²) in [7, 11) is 0. The van der Waals surface area contributed by atoms with Gasteiger partial charge in [0.15, 0.2) is 12.2 Å². The van der Waals surface area contributed by atoms with Gasteiger partial charge < -0.3 is 23.7 Å². The topological polar surface area (TPSA) is 114 Å². The van der Waals surface area contributed by atoms with Crippen LogP contribution >= 0.6 is 15.9 Å². The molecule has 1 fully saturated rings. The molecule has 0 radical (unpaired) electrons. The van der Waals surface area contributed by atoms with E-state index in [1.807, 2.05) is 0 Å². The van der Waals surface area contributed by atoms with Gasteiger partial charge in [-0.1, -0.05) is 22.0 Å². The maximum absolute atomic E-state index is 14.0. The van der Waals surface area contributed by atoms with Crippen LogP contribution in [0, 0.1) is 5.82 Å². The van der Waals surface area contributed by atoms with E-state index < -0.39 is 60.4 Å². The fourth-order valence-electron chi connectivity index (χ4n) is 3.17. The Morgan fingerprint density at radius 1 is 0.871 bits per heavy atom. The highest BCUT2D eigenvalue weighted by molar-refractivity contribution is 9.08. The molecule has 9 nitrogen and oxygen atoms in total. The second kappa shape index (κ2) is 10.7. The van der Waals surface area contributed by atoms with Gasteiger partial charge in [0.25, 0.3) is 0 Å². The van der Waals surface area contributed by atoms with Crippen LogP contribution in [0.1, 0.15) is 44.9 Å². The predicted octanol–water partition coefficient (Wildman–Crippen LogP) is 2.48. The van der Waals surface area contributed by atoms with Crippen LogP contribution in [0.2, 0.25) is 0 Å². The van der Waals surface area contributed by atoms with Gasteiger partial charge in [0.1, 0.15) is 11.9 Å². The van der Waals surface area contributed by atoms with E-state index in [2.05, 4.69) is 15.9 Å². The molecule has 170 valence electrons. The Morgan fingerprint density at radius 3 is 1.90 bits per heavy atom. The normalized spacial score (nSPS) is 25.3. The van der Waals surface area contributed by atoms with E-state index in [1.165, 1.54) is 18.2 Å². The number of halogens is 2. The number of esters is 4. The van der Waals surface area contributed by atoms with Gasteiger partial charge in [-0.25, -0.2) is 4.39 Å². The van der Waals surface area contributed by atoms with Crippen molar-refractivity contribution in [3.05, 3.63) is 35.1 Å². The average Bonchev–Trinajstić information content (AvgIpc) is 2.65. The second-order valence-corrected chi connectivity index (χ2v) is 7.30. The molecule has 11 heteroatoms. The van der Waals surface area contributed by atoms with Gasteiger partial charge in [-0.2, -0.15) is 0 Å². The summed E-state index contributed by atoms with van der Waals surface area (Å²) in [6, 6.07) is 4.05. The molecule has 2 rings (SSSR count). The molecule has 0 bridgehead atoms. The molecule has 1 aromatic carbocycles. The van der Waals surface area contributed by atoms with Crippen molar-refractivity contribution in [2.75, 3.05) is 0 Å². The van der Waals surface area contributed by atoms with Gasteiger partial charge in [0.05, 0.1) is 0 Å². The van der Waals surface area contributed by atoms with Crippen molar-refractivity contribution >= 4 is 39.8 Å². The second-order valence-electron chi connectivity index (χ2n) is 6.74. The minimum atomic E-state index is -1.49. The molecule has 0 aliphatic carbocycles. The average molecular weight is 505 g/mol. The number of carbonyl (C=O) groups is 4. The summed E-state index contributed by atoms with van der Waals surface area (Å²) in [5, 5.41) is 0.189. The summed E-state index contributed by atoms with van der Waals surface area (Å²) < 4.78 is 40.9. The van der Waals surface area contributed by atoms with Crippen molar-refractivity contribution in [1.29, 1.82) is 0 Å². The zero-order valence-electron chi connectivity index (χ0n) is 17.3. The predicted molar refractivity (Wildman–Crippen MR) is 105 cm³/mol. The number of hydrogen-bond acceptors (Lipinski definition) is 9. The van der Waals surface area contributed by atoms with Crippen molar-refractivity contribution in [2.45, 2.75) is 63.7 Å². The van der Waals surface area contributed by atoms with Gasteiger partial charge in [0, 0.05) is 33.0 Å². The first kappa shape index (κ1) is 24.7. The van der Waals surface area contributed by atoms with Crippen LogP contribution in [0.15, 0.2) is 18.2 Å². The van der Waals surface area contributed by atoms with Gasteiger partial charge in [-0.3, -0.25) is 19.2 Å². The molecule has 31 heavy (non-hydrogen) atoms. The summed E-state index contributed by atoms with van der Waals surface area (Å²) in [5.74, 6) is -3.50. The molecular weight excluding hydrogens is 483 g/mol. The summed E-state index contributed by atoms with van der Waals surface area (Å²) >= 11 is 3.19. The highest BCUT2D eigenvalue weighted by Crippen LogP contribution is 2.38. The fourth-order valence-corrected chi connectivity index (χ4v) is 3.60. The fraction of sp³-hybridized carbons (Fsp3) is 0.500. The first-order chi connectivity index (χ1) is 14.5. The maximum atomic E-state index is 14.0. The third-order valence-corrected chi connectivity index (χ3v) is 4.83. The molecular formula is C20H22BrFO9. The van der Waals surface area contributed by atoms with Gasteiger partial charge in [-0.05, 0) is 23.3 Å². The minimum Gasteiger partial charge on any atom is -0.455 e. The lowest BCUT2D eigenvalue weighted by Crippen LogP contribution is -2.59. The Morgan fingerprint density at radius 2 is 1.39 bits per heavy atom. The molecule has 1 aromatic rings. The van der Waals surface area contributed by atoms with Crippen LogP contribution in [-0.4, -0.2) is 48.5 Å². The van der Waals surface area contributed by atoms with E-state index in [-0.39, 0.29) is 10.9 Å². The Bertz CT molecular complexity index is 859. The number of rotatable bonds is 6. The monoisotopic (exact) mass is 504 g/mol. The van der Waals surface area contributed by atoms with Gasteiger partial charge >= 0.3 is 23.9 Å². The van der Waals surface area contributed by atoms with Crippen LogP contribution < -0.4 is 0 Å². The standard InChI is InChI=1S/C20H22BrFO9/c1-9(23)27-17-16(13-5-6-15(22)14(7-13)8-21)31-20(30-12(4)26)19(29-11(3)25)18(17)28-10(2)24/h5-7,16-20H,8H2,1-4H3/t16-,17-,18+,19-,20?/m0/s1. The lowest BCUT2D eigenvalue weighted by atomic mass is 9.92. The van der Waals surface area contributed by atoms with Crippen molar-refractivity contribution in [1.82, 2.24) is 0 Å². The van der Waals surface area contributed by atoms with E-state index >= 15 is 0 Å². The van der Waals surface area contributed by atoms with Crippen LogP contribution in [0.25, 0.3) is 0 Å². The van der Waals surface area contributed by atoms with Crippen molar-refractivity contribution in [3.63, 3.8) is 0 Å². The summed E-state index contributed by atoms with van der Waals surface area (Å²) in [5.41, 5.74) is 0.649. The first-order valence-electron chi connectivity index (χ1n) is 9.22. The van der Waals surface area contributed by atoms with Crippen molar-refractivity contribution < 1.29 is 47.3 Å². The smallest absolute Gasteiger partial charge is 0.305 e. The number of alkyl halides is 1. The summed E-state index contributed by atoms with van der Waals surface area (Å²) in [6.07, 6.45) is -6.69. The number of carbonyl (C=O) groups excluding carboxylic acids is 4.